The van der Waals surface area contributed by atoms with Gasteiger partial charge in [0.1, 0.15) is 0 Å². The Morgan fingerprint density at radius 1 is 1.21 bits per heavy atom. The van der Waals surface area contributed by atoms with E-state index in [1.54, 1.807) is 18.5 Å². The number of nitrogens with one attached hydrogen (secondary N) is 2. The number of aromatic nitrogens is 3. The molecule has 1 atom stereocenters. The molecule has 2 N–H and O–H groups in total. The first-order valence-electron chi connectivity index (χ1n) is 11.9. The van der Waals surface area contributed by atoms with E-state index in [0.29, 0.717) is 29.1 Å². The van der Waals surface area contributed by atoms with Gasteiger partial charge in [0.05, 0.1) is 16.1 Å². The van der Waals surface area contributed by atoms with Crippen LogP contribution in [0.2, 0.25) is 5.02 Å². The van der Waals surface area contributed by atoms with Crippen LogP contribution in [0.15, 0.2) is 42.9 Å². The highest BCUT2D eigenvalue weighted by Gasteiger charge is 2.39. The lowest BCUT2D eigenvalue weighted by Gasteiger charge is -2.49. The largest absolute Gasteiger partial charge is 0.350 e. The first kappa shape index (κ1) is 22.3. The van der Waals surface area contributed by atoms with Gasteiger partial charge in [-0.05, 0) is 38.0 Å². The van der Waals surface area contributed by atoms with E-state index in [9.17, 15) is 4.79 Å². The average molecular weight is 467 g/mol. The molecule has 5 rings (SSSR count). The van der Waals surface area contributed by atoms with E-state index in [-0.39, 0.29) is 11.4 Å². The molecule has 1 aromatic carbocycles. The zero-order valence-electron chi connectivity index (χ0n) is 19.1. The maximum atomic E-state index is 13.5. The highest BCUT2D eigenvalue weighted by molar-refractivity contribution is 6.37. The lowest BCUT2D eigenvalue weighted by molar-refractivity contribution is 0.0273. The van der Waals surface area contributed by atoms with Gasteiger partial charge in [-0.3, -0.25) is 14.3 Å². The Hall–Kier alpha value is -2.48. The summed E-state index contributed by atoms with van der Waals surface area (Å²) in [6, 6.07) is 7.89. The molecule has 0 unspecified atom stereocenters. The Bertz CT molecular complexity index is 1120. The second-order valence-electron chi connectivity index (χ2n) is 9.36. The van der Waals surface area contributed by atoms with Crippen molar-refractivity contribution in [3.8, 4) is 5.95 Å². The maximum absolute atomic E-state index is 13.5. The Kier molecular flexibility index (Phi) is 6.36. The number of carbonyl (C=O) groups excluding carboxylic acids is 1. The molecule has 2 aromatic heterocycles. The Labute approximate surface area is 199 Å². The number of hydrogen-bond acceptors (Lipinski definition) is 5. The van der Waals surface area contributed by atoms with E-state index < -0.39 is 0 Å². The van der Waals surface area contributed by atoms with Crippen LogP contribution in [0, 0.1) is 0 Å². The number of nitrogens with zero attached hydrogens (tertiary/aromatic N) is 4. The van der Waals surface area contributed by atoms with Crippen LogP contribution in [0.3, 0.4) is 0 Å². The first-order valence-corrected chi connectivity index (χ1v) is 12.3. The van der Waals surface area contributed by atoms with Gasteiger partial charge in [-0.2, -0.15) is 0 Å². The third kappa shape index (κ3) is 4.37. The number of halogens is 1. The van der Waals surface area contributed by atoms with Crippen LogP contribution in [0.25, 0.3) is 16.9 Å². The van der Waals surface area contributed by atoms with Gasteiger partial charge in [-0.15, -0.1) is 0 Å². The van der Waals surface area contributed by atoms with Crippen molar-refractivity contribution in [1.82, 2.24) is 30.1 Å². The zero-order chi connectivity index (χ0) is 22.8. The molecule has 1 saturated carbocycles. The molecule has 2 fully saturated rings. The summed E-state index contributed by atoms with van der Waals surface area (Å²) in [5.74, 6) is 0.415. The molecular weight excluding hydrogens is 436 g/mol. The summed E-state index contributed by atoms with van der Waals surface area (Å²) in [5, 5.41) is 8.12. The highest BCUT2D eigenvalue weighted by Crippen LogP contribution is 2.35. The number of fused-ring (bicyclic) bond motifs is 1. The monoisotopic (exact) mass is 466 g/mol. The fourth-order valence-corrected chi connectivity index (χ4v) is 5.79. The topological polar surface area (TPSA) is 75.1 Å². The molecule has 2 aliphatic rings. The Balaban J connectivity index is 1.44. The SMILES string of the molecule is C[C@H]1CN(C2(CNC(=O)c3cn(-c4ncccn4)c4cccc(Cl)c34)CCCCC2)CCN1. The van der Waals surface area contributed by atoms with E-state index in [4.69, 9.17) is 11.6 Å². The van der Waals surface area contributed by atoms with E-state index >= 15 is 0 Å². The van der Waals surface area contributed by atoms with E-state index in [1.807, 2.05) is 29.0 Å². The van der Waals surface area contributed by atoms with Crippen molar-refractivity contribution in [2.24, 2.45) is 0 Å². The summed E-state index contributed by atoms with van der Waals surface area (Å²) in [7, 11) is 0. The minimum atomic E-state index is -0.101. The van der Waals surface area contributed by atoms with Gasteiger partial charge in [-0.25, -0.2) is 9.97 Å². The molecular formula is C25H31ClN6O. The number of amides is 1. The molecule has 1 amide bonds. The molecule has 7 nitrogen and oxygen atoms in total. The zero-order valence-corrected chi connectivity index (χ0v) is 19.8. The van der Waals surface area contributed by atoms with E-state index in [0.717, 1.165) is 43.4 Å². The third-order valence-electron chi connectivity index (χ3n) is 7.19. The van der Waals surface area contributed by atoms with Crippen molar-refractivity contribution >= 4 is 28.4 Å². The lowest BCUT2D eigenvalue weighted by Crippen LogP contribution is -2.63. The minimum Gasteiger partial charge on any atom is -0.350 e. The van der Waals surface area contributed by atoms with Crippen LogP contribution >= 0.6 is 11.6 Å². The van der Waals surface area contributed by atoms with Crippen molar-refractivity contribution in [2.75, 3.05) is 26.2 Å². The molecule has 33 heavy (non-hydrogen) atoms. The fraction of sp³-hybridized carbons (Fsp3) is 0.480. The summed E-state index contributed by atoms with van der Waals surface area (Å²) in [6.07, 6.45) is 11.1. The number of benzene rings is 1. The summed E-state index contributed by atoms with van der Waals surface area (Å²) in [4.78, 5) is 24.9. The van der Waals surface area contributed by atoms with Crippen molar-refractivity contribution in [3.63, 3.8) is 0 Å². The van der Waals surface area contributed by atoms with Gasteiger partial charge in [0.15, 0.2) is 0 Å². The van der Waals surface area contributed by atoms with Crippen LogP contribution < -0.4 is 10.6 Å². The van der Waals surface area contributed by atoms with Crippen LogP contribution in [0.4, 0.5) is 0 Å². The molecule has 1 aliphatic heterocycles. The molecule has 3 aromatic rings. The van der Waals surface area contributed by atoms with Crippen LogP contribution in [-0.2, 0) is 0 Å². The first-order chi connectivity index (χ1) is 16.1. The Morgan fingerprint density at radius 3 is 2.76 bits per heavy atom. The van der Waals surface area contributed by atoms with Crippen LogP contribution in [0.1, 0.15) is 49.4 Å². The standard InChI is InChI=1S/C25H31ClN6O/c1-18-15-31(14-13-27-18)25(9-3-2-4-10-25)17-30-23(33)19-16-32(24-28-11-6-12-29-24)21-8-5-7-20(26)22(19)21/h5-8,11-12,16,18,27H,2-4,9-10,13-15,17H2,1H3,(H,30,33)/t18-/m0/s1. The van der Waals surface area contributed by atoms with Crippen molar-refractivity contribution < 1.29 is 4.79 Å². The molecule has 1 aliphatic carbocycles. The maximum Gasteiger partial charge on any atom is 0.253 e. The summed E-state index contributed by atoms with van der Waals surface area (Å²) in [6.45, 7) is 5.93. The minimum absolute atomic E-state index is 0.0228. The summed E-state index contributed by atoms with van der Waals surface area (Å²) >= 11 is 6.57. The molecule has 1 saturated heterocycles. The molecule has 8 heteroatoms. The predicted molar refractivity (Wildman–Crippen MR) is 131 cm³/mol. The predicted octanol–water partition coefficient (Wildman–Crippen LogP) is 3.80. The van der Waals surface area contributed by atoms with Gasteiger partial charge in [0.2, 0.25) is 5.95 Å². The quantitative estimate of drug-likeness (QED) is 0.598. The number of rotatable bonds is 5. The fourth-order valence-electron chi connectivity index (χ4n) is 5.51. The van der Waals surface area contributed by atoms with Gasteiger partial charge in [0.25, 0.3) is 5.91 Å². The summed E-state index contributed by atoms with van der Waals surface area (Å²) < 4.78 is 1.84. The normalized spacial score (nSPS) is 21.2. The number of carbonyl (C=O) groups is 1. The molecule has 0 spiro atoms. The van der Waals surface area contributed by atoms with E-state index in [2.05, 4.69) is 32.4 Å². The number of hydrogen-bond donors (Lipinski definition) is 2. The smallest absolute Gasteiger partial charge is 0.253 e. The summed E-state index contributed by atoms with van der Waals surface area (Å²) in [5.41, 5.74) is 1.40. The van der Waals surface area contributed by atoms with Crippen LogP contribution in [0.5, 0.6) is 0 Å². The molecule has 174 valence electrons. The van der Waals surface area contributed by atoms with Gasteiger partial charge in [0, 0.05) is 61.7 Å². The number of piperazine rings is 1. The van der Waals surface area contributed by atoms with Crippen LogP contribution in [-0.4, -0.2) is 63.1 Å². The van der Waals surface area contributed by atoms with E-state index in [1.165, 1.54) is 19.3 Å². The van der Waals surface area contributed by atoms with Crippen molar-refractivity contribution in [3.05, 3.63) is 53.4 Å². The second-order valence-corrected chi connectivity index (χ2v) is 9.77. The lowest BCUT2D eigenvalue weighted by atomic mass is 9.79. The Morgan fingerprint density at radius 2 is 2.00 bits per heavy atom. The second kappa shape index (κ2) is 9.41. The highest BCUT2D eigenvalue weighted by atomic mass is 35.5. The molecule has 3 heterocycles. The average Bonchev–Trinajstić information content (AvgIpc) is 3.25. The van der Waals surface area contributed by atoms with Gasteiger partial charge in [-0.1, -0.05) is 36.9 Å². The third-order valence-corrected chi connectivity index (χ3v) is 7.51. The molecule has 0 radical (unpaired) electrons. The van der Waals surface area contributed by atoms with Gasteiger partial charge < -0.3 is 10.6 Å². The van der Waals surface area contributed by atoms with Gasteiger partial charge >= 0.3 is 0 Å². The molecule has 0 bridgehead atoms. The van der Waals surface area contributed by atoms with Crippen molar-refractivity contribution in [2.45, 2.75) is 50.6 Å². The van der Waals surface area contributed by atoms with Crippen molar-refractivity contribution in [1.29, 1.82) is 0 Å².